The second-order valence-electron chi connectivity index (χ2n) is 5.93. The van der Waals surface area contributed by atoms with Gasteiger partial charge in [-0.05, 0) is 39.4 Å². The van der Waals surface area contributed by atoms with Gasteiger partial charge in [-0.2, -0.15) is 0 Å². The van der Waals surface area contributed by atoms with Crippen molar-refractivity contribution in [3.8, 4) is 0 Å². The van der Waals surface area contributed by atoms with Gasteiger partial charge in [-0.1, -0.05) is 29.8 Å². The summed E-state index contributed by atoms with van der Waals surface area (Å²) in [5.74, 6) is 0. The van der Waals surface area contributed by atoms with E-state index in [0.29, 0.717) is 12.1 Å². The highest BCUT2D eigenvalue weighted by Gasteiger charge is 2.28. The van der Waals surface area contributed by atoms with E-state index in [1.165, 1.54) is 11.1 Å². The van der Waals surface area contributed by atoms with Crippen LogP contribution < -0.4 is 5.73 Å². The third-order valence-electron chi connectivity index (χ3n) is 4.29. The SMILES string of the molecule is Cc1ccc(CN2CC(C)N(C)C(CCN)C2)cc1. The molecule has 0 aliphatic carbocycles. The average molecular weight is 261 g/mol. The first-order valence-corrected chi connectivity index (χ1v) is 7.30. The Morgan fingerprint density at radius 3 is 2.53 bits per heavy atom. The minimum atomic E-state index is 0.596. The van der Waals surface area contributed by atoms with Crippen molar-refractivity contribution in [2.24, 2.45) is 5.73 Å². The Balaban J connectivity index is 1.98. The maximum absolute atomic E-state index is 5.74. The van der Waals surface area contributed by atoms with Crippen molar-refractivity contribution in [1.29, 1.82) is 0 Å². The first-order valence-electron chi connectivity index (χ1n) is 7.30. The molecular formula is C16H27N3. The number of rotatable bonds is 4. The van der Waals surface area contributed by atoms with Gasteiger partial charge in [0, 0.05) is 31.7 Å². The Morgan fingerprint density at radius 2 is 1.89 bits per heavy atom. The van der Waals surface area contributed by atoms with Gasteiger partial charge in [-0.25, -0.2) is 0 Å². The second-order valence-corrected chi connectivity index (χ2v) is 5.93. The fourth-order valence-electron chi connectivity index (χ4n) is 2.93. The summed E-state index contributed by atoms with van der Waals surface area (Å²) in [5, 5.41) is 0. The number of piperazine rings is 1. The van der Waals surface area contributed by atoms with Crippen LogP contribution in [0.2, 0.25) is 0 Å². The van der Waals surface area contributed by atoms with E-state index < -0.39 is 0 Å². The zero-order chi connectivity index (χ0) is 13.8. The van der Waals surface area contributed by atoms with Crippen LogP contribution in [0.25, 0.3) is 0 Å². The number of nitrogens with two attached hydrogens (primary N) is 1. The summed E-state index contributed by atoms with van der Waals surface area (Å²) in [7, 11) is 2.23. The highest BCUT2D eigenvalue weighted by molar-refractivity contribution is 5.21. The Kier molecular flexibility index (Phi) is 4.97. The van der Waals surface area contributed by atoms with Crippen LogP contribution in [0.1, 0.15) is 24.5 Å². The van der Waals surface area contributed by atoms with Gasteiger partial charge in [0.25, 0.3) is 0 Å². The van der Waals surface area contributed by atoms with Crippen LogP contribution in [0.15, 0.2) is 24.3 Å². The van der Waals surface area contributed by atoms with Crippen LogP contribution in [0.5, 0.6) is 0 Å². The van der Waals surface area contributed by atoms with Gasteiger partial charge in [-0.3, -0.25) is 9.80 Å². The van der Waals surface area contributed by atoms with Crippen molar-refractivity contribution < 1.29 is 0 Å². The van der Waals surface area contributed by atoms with E-state index in [2.05, 4.69) is 55.0 Å². The van der Waals surface area contributed by atoms with Crippen molar-refractivity contribution in [2.75, 3.05) is 26.7 Å². The number of likely N-dealkylation sites (N-methyl/N-ethyl adjacent to an activating group) is 1. The molecule has 2 N–H and O–H groups in total. The van der Waals surface area contributed by atoms with E-state index in [1.807, 2.05) is 0 Å². The Bertz CT molecular complexity index is 387. The lowest BCUT2D eigenvalue weighted by molar-refractivity contribution is 0.0443. The molecule has 0 spiro atoms. The predicted molar refractivity (Wildman–Crippen MR) is 81.1 cm³/mol. The molecule has 2 atom stereocenters. The predicted octanol–water partition coefficient (Wildman–Crippen LogP) is 1.85. The molecule has 1 aromatic carbocycles. The van der Waals surface area contributed by atoms with E-state index in [0.717, 1.165) is 32.6 Å². The maximum atomic E-state index is 5.74. The summed E-state index contributed by atoms with van der Waals surface area (Å²) < 4.78 is 0. The standard InChI is InChI=1S/C16H27N3/c1-13-4-6-15(7-5-13)11-19-10-14(2)18(3)16(12-19)8-9-17/h4-7,14,16H,8-12,17H2,1-3H3. The van der Waals surface area contributed by atoms with E-state index in [1.54, 1.807) is 0 Å². The third kappa shape index (κ3) is 3.78. The van der Waals surface area contributed by atoms with Gasteiger partial charge in [0.05, 0.1) is 0 Å². The molecule has 0 radical (unpaired) electrons. The number of nitrogens with zero attached hydrogens (tertiary/aromatic N) is 2. The number of hydrogen-bond donors (Lipinski definition) is 1. The minimum Gasteiger partial charge on any atom is -0.330 e. The van der Waals surface area contributed by atoms with Crippen LogP contribution in [0, 0.1) is 6.92 Å². The second kappa shape index (κ2) is 6.51. The quantitative estimate of drug-likeness (QED) is 0.898. The molecule has 1 heterocycles. The summed E-state index contributed by atoms with van der Waals surface area (Å²) in [5.41, 5.74) is 8.48. The number of hydrogen-bond acceptors (Lipinski definition) is 3. The molecule has 106 valence electrons. The molecular weight excluding hydrogens is 234 g/mol. The molecule has 0 aromatic heterocycles. The Labute approximate surface area is 117 Å². The molecule has 19 heavy (non-hydrogen) atoms. The molecule has 2 unspecified atom stereocenters. The van der Waals surface area contributed by atoms with E-state index in [-0.39, 0.29) is 0 Å². The lowest BCUT2D eigenvalue weighted by Gasteiger charge is -2.44. The van der Waals surface area contributed by atoms with Gasteiger partial charge < -0.3 is 5.73 Å². The largest absolute Gasteiger partial charge is 0.330 e. The molecule has 1 fully saturated rings. The fourth-order valence-corrected chi connectivity index (χ4v) is 2.93. The molecule has 1 aliphatic heterocycles. The van der Waals surface area contributed by atoms with E-state index in [9.17, 15) is 0 Å². The van der Waals surface area contributed by atoms with Crippen molar-refractivity contribution >= 4 is 0 Å². The van der Waals surface area contributed by atoms with Crippen molar-refractivity contribution in [2.45, 2.75) is 38.9 Å². The third-order valence-corrected chi connectivity index (χ3v) is 4.29. The lowest BCUT2D eigenvalue weighted by Crippen LogP contribution is -2.56. The Morgan fingerprint density at radius 1 is 1.21 bits per heavy atom. The first-order chi connectivity index (χ1) is 9.10. The zero-order valence-corrected chi connectivity index (χ0v) is 12.5. The van der Waals surface area contributed by atoms with Crippen LogP contribution in [0.4, 0.5) is 0 Å². The molecule has 2 rings (SSSR count). The average Bonchev–Trinajstić information content (AvgIpc) is 2.38. The van der Waals surface area contributed by atoms with E-state index >= 15 is 0 Å². The van der Waals surface area contributed by atoms with Crippen molar-refractivity contribution in [3.63, 3.8) is 0 Å². The zero-order valence-electron chi connectivity index (χ0n) is 12.5. The molecule has 0 saturated carbocycles. The molecule has 1 aliphatic rings. The molecule has 3 heteroatoms. The summed E-state index contributed by atoms with van der Waals surface area (Å²) >= 11 is 0. The van der Waals surface area contributed by atoms with Crippen LogP contribution in [-0.4, -0.2) is 48.6 Å². The molecule has 0 amide bonds. The maximum Gasteiger partial charge on any atom is 0.0235 e. The number of aryl methyl sites for hydroxylation is 1. The topological polar surface area (TPSA) is 32.5 Å². The highest BCUT2D eigenvalue weighted by atomic mass is 15.3. The van der Waals surface area contributed by atoms with E-state index in [4.69, 9.17) is 5.73 Å². The summed E-state index contributed by atoms with van der Waals surface area (Å²) in [6, 6.07) is 10.1. The monoisotopic (exact) mass is 261 g/mol. The lowest BCUT2D eigenvalue weighted by atomic mass is 10.0. The summed E-state index contributed by atoms with van der Waals surface area (Å²) in [4.78, 5) is 5.05. The molecule has 0 bridgehead atoms. The van der Waals surface area contributed by atoms with Gasteiger partial charge in [0.2, 0.25) is 0 Å². The minimum absolute atomic E-state index is 0.596. The van der Waals surface area contributed by atoms with Gasteiger partial charge >= 0.3 is 0 Å². The van der Waals surface area contributed by atoms with Crippen molar-refractivity contribution in [1.82, 2.24) is 9.80 Å². The fraction of sp³-hybridized carbons (Fsp3) is 0.625. The van der Waals surface area contributed by atoms with Gasteiger partial charge in [0.1, 0.15) is 0 Å². The summed E-state index contributed by atoms with van der Waals surface area (Å²) in [6.45, 7) is 8.56. The Hall–Kier alpha value is -0.900. The highest BCUT2D eigenvalue weighted by Crippen LogP contribution is 2.18. The van der Waals surface area contributed by atoms with Crippen LogP contribution >= 0.6 is 0 Å². The molecule has 3 nitrogen and oxygen atoms in total. The van der Waals surface area contributed by atoms with Crippen molar-refractivity contribution in [3.05, 3.63) is 35.4 Å². The first kappa shape index (κ1) is 14.5. The van der Waals surface area contributed by atoms with Gasteiger partial charge in [-0.15, -0.1) is 0 Å². The van der Waals surface area contributed by atoms with Crippen LogP contribution in [0.3, 0.4) is 0 Å². The normalized spacial score (nSPS) is 25.7. The van der Waals surface area contributed by atoms with Crippen LogP contribution in [-0.2, 0) is 6.54 Å². The molecule has 1 saturated heterocycles. The number of benzene rings is 1. The van der Waals surface area contributed by atoms with Gasteiger partial charge in [0.15, 0.2) is 0 Å². The smallest absolute Gasteiger partial charge is 0.0235 e. The summed E-state index contributed by atoms with van der Waals surface area (Å²) in [6.07, 6.45) is 1.09. The molecule has 1 aromatic rings.